The maximum Gasteiger partial charge on any atom is 0.125 e. The normalized spacial score (nSPS) is 12.9. The Bertz CT molecular complexity index is 373. The zero-order valence-electron chi connectivity index (χ0n) is 11.3. The van der Waals surface area contributed by atoms with Crippen LogP contribution < -0.4 is 16.2 Å². The van der Waals surface area contributed by atoms with Gasteiger partial charge in [-0.15, -0.1) is 0 Å². The van der Waals surface area contributed by atoms with E-state index in [9.17, 15) is 0 Å². The molecule has 0 spiro atoms. The fraction of sp³-hybridized carbons (Fsp3) is 0.571. The highest BCUT2D eigenvalue weighted by Crippen LogP contribution is 2.34. The van der Waals surface area contributed by atoms with Crippen molar-refractivity contribution in [3.05, 3.63) is 28.8 Å². The van der Waals surface area contributed by atoms with Gasteiger partial charge >= 0.3 is 0 Å². The molecular weight excluding hydrogens is 212 g/mol. The molecule has 0 fully saturated rings. The molecule has 4 N–H and O–H groups in total. The van der Waals surface area contributed by atoms with Gasteiger partial charge in [-0.1, -0.05) is 24.6 Å². The standard InChI is InChI=1S/C14H24N2O/c1-9-5-10(2)14(17-4)13(6-9)11(3)12(7-15)8-16/h5-6,11-12H,7-8,15-16H2,1-4H3. The topological polar surface area (TPSA) is 61.3 Å². The van der Waals surface area contributed by atoms with Crippen molar-refractivity contribution < 1.29 is 4.74 Å². The van der Waals surface area contributed by atoms with E-state index in [0.717, 1.165) is 5.75 Å². The summed E-state index contributed by atoms with van der Waals surface area (Å²) >= 11 is 0. The fourth-order valence-corrected chi connectivity index (χ4v) is 2.36. The van der Waals surface area contributed by atoms with Crippen molar-refractivity contribution in [2.75, 3.05) is 20.2 Å². The molecular formula is C14H24N2O. The van der Waals surface area contributed by atoms with Crippen LogP contribution in [0.4, 0.5) is 0 Å². The third-order valence-corrected chi connectivity index (χ3v) is 3.45. The SMILES string of the molecule is COc1c(C)cc(C)cc1C(C)C(CN)CN. The summed E-state index contributed by atoms with van der Waals surface area (Å²) in [5.41, 5.74) is 15.2. The Hall–Kier alpha value is -1.06. The van der Waals surface area contributed by atoms with Crippen LogP contribution in [-0.2, 0) is 0 Å². The zero-order valence-corrected chi connectivity index (χ0v) is 11.3. The van der Waals surface area contributed by atoms with Crippen LogP contribution >= 0.6 is 0 Å². The third-order valence-electron chi connectivity index (χ3n) is 3.45. The minimum absolute atomic E-state index is 0.296. The van der Waals surface area contributed by atoms with Crippen LogP contribution in [0.2, 0.25) is 0 Å². The summed E-state index contributed by atoms with van der Waals surface area (Å²) in [6.07, 6.45) is 0. The summed E-state index contributed by atoms with van der Waals surface area (Å²) in [6.45, 7) is 7.55. The quantitative estimate of drug-likeness (QED) is 0.821. The van der Waals surface area contributed by atoms with Crippen LogP contribution in [-0.4, -0.2) is 20.2 Å². The van der Waals surface area contributed by atoms with Gasteiger partial charge in [0.05, 0.1) is 7.11 Å². The lowest BCUT2D eigenvalue weighted by atomic mass is 9.85. The van der Waals surface area contributed by atoms with Crippen molar-refractivity contribution in [1.29, 1.82) is 0 Å². The first-order valence-corrected chi connectivity index (χ1v) is 6.10. The van der Waals surface area contributed by atoms with Gasteiger partial charge in [0.2, 0.25) is 0 Å². The first-order valence-electron chi connectivity index (χ1n) is 6.10. The first kappa shape index (κ1) is 14.0. The molecule has 3 nitrogen and oxygen atoms in total. The van der Waals surface area contributed by atoms with E-state index in [-0.39, 0.29) is 0 Å². The predicted molar refractivity (Wildman–Crippen MR) is 72.5 cm³/mol. The maximum atomic E-state index is 5.77. The Kier molecular flexibility index (Phi) is 4.97. The Morgan fingerprint density at radius 3 is 2.24 bits per heavy atom. The highest BCUT2D eigenvalue weighted by Gasteiger charge is 2.20. The Morgan fingerprint density at radius 2 is 1.76 bits per heavy atom. The zero-order chi connectivity index (χ0) is 13.0. The summed E-state index contributed by atoms with van der Waals surface area (Å²) in [6, 6.07) is 4.31. The van der Waals surface area contributed by atoms with Crippen LogP contribution in [0.25, 0.3) is 0 Å². The van der Waals surface area contributed by atoms with Crippen LogP contribution in [0.5, 0.6) is 5.75 Å². The van der Waals surface area contributed by atoms with Crippen molar-refractivity contribution in [2.45, 2.75) is 26.7 Å². The number of ether oxygens (including phenoxy) is 1. The molecule has 0 bridgehead atoms. The second-order valence-electron chi connectivity index (χ2n) is 4.72. The summed E-state index contributed by atoms with van der Waals surface area (Å²) in [7, 11) is 1.72. The van der Waals surface area contributed by atoms with Gasteiger partial charge in [-0.3, -0.25) is 0 Å². The molecule has 1 aromatic rings. The fourth-order valence-electron chi connectivity index (χ4n) is 2.36. The van der Waals surface area contributed by atoms with Crippen molar-refractivity contribution in [2.24, 2.45) is 17.4 Å². The molecule has 1 aromatic carbocycles. The van der Waals surface area contributed by atoms with Crippen LogP contribution in [0.3, 0.4) is 0 Å². The molecule has 0 aliphatic carbocycles. The molecule has 17 heavy (non-hydrogen) atoms. The van der Waals surface area contributed by atoms with E-state index >= 15 is 0 Å². The van der Waals surface area contributed by atoms with Crippen molar-refractivity contribution >= 4 is 0 Å². The molecule has 0 heterocycles. The number of rotatable bonds is 5. The highest BCUT2D eigenvalue weighted by molar-refractivity contribution is 5.45. The summed E-state index contributed by atoms with van der Waals surface area (Å²) in [5, 5.41) is 0. The number of hydrogen-bond acceptors (Lipinski definition) is 3. The summed E-state index contributed by atoms with van der Waals surface area (Å²) in [5.74, 6) is 1.58. The van der Waals surface area contributed by atoms with Gasteiger partial charge in [0.1, 0.15) is 5.75 Å². The highest BCUT2D eigenvalue weighted by atomic mass is 16.5. The summed E-state index contributed by atoms with van der Waals surface area (Å²) < 4.78 is 5.51. The Morgan fingerprint density at radius 1 is 1.18 bits per heavy atom. The average molecular weight is 236 g/mol. The lowest BCUT2D eigenvalue weighted by Crippen LogP contribution is -2.28. The molecule has 1 rings (SSSR count). The Labute approximate surface area is 104 Å². The van der Waals surface area contributed by atoms with Crippen molar-refractivity contribution in [1.82, 2.24) is 0 Å². The second kappa shape index (κ2) is 6.03. The van der Waals surface area contributed by atoms with E-state index < -0.39 is 0 Å². The molecule has 0 saturated carbocycles. The number of nitrogens with two attached hydrogens (primary N) is 2. The molecule has 0 aliphatic rings. The van der Waals surface area contributed by atoms with Gasteiger partial charge in [-0.2, -0.15) is 0 Å². The largest absolute Gasteiger partial charge is 0.496 e. The maximum absolute atomic E-state index is 5.77. The van der Waals surface area contributed by atoms with E-state index in [2.05, 4.69) is 32.9 Å². The van der Waals surface area contributed by atoms with Gasteiger partial charge in [-0.05, 0) is 49.9 Å². The van der Waals surface area contributed by atoms with E-state index in [4.69, 9.17) is 16.2 Å². The third kappa shape index (κ3) is 2.99. The minimum Gasteiger partial charge on any atom is -0.496 e. The van der Waals surface area contributed by atoms with Crippen molar-refractivity contribution in [3.8, 4) is 5.75 Å². The van der Waals surface area contributed by atoms with Crippen LogP contribution in [0.15, 0.2) is 12.1 Å². The van der Waals surface area contributed by atoms with E-state index in [1.807, 2.05) is 0 Å². The lowest BCUT2D eigenvalue weighted by molar-refractivity contribution is 0.389. The van der Waals surface area contributed by atoms with Gasteiger partial charge in [0, 0.05) is 0 Å². The Balaban J connectivity index is 3.19. The monoisotopic (exact) mass is 236 g/mol. The van der Waals surface area contributed by atoms with E-state index in [1.54, 1.807) is 7.11 Å². The van der Waals surface area contributed by atoms with Gasteiger partial charge in [-0.25, -0.2) is 0 Å². The van der Waals surface area contributed by atoms with Crippen molar-refractivity contribution in [3.63, 3.8) is 0 Å². The average Bonchev–Trinajstić information content (AvgIpc) is 2.29. The lowest BCUT2D eigenvalue weighted by Gasteiger charge is -2.24. The molecule has 0 saturated heterocycles. The van der Waals surface area contributed by atoms with E-state index in [0.29, 0.717) is 24.9 Å². The second-order valence-corrected chi connectivity index (χ2v) is 4.72. The molecule has 0 radical (unpaired) electrons. The smallest absolute Gasteiger partial charge is 0.125 e. The van der Waals surface area contributed by atoms with Crippen LogP contribution in [0.1, 0.15) is 29.5 Å². The minimum atomic E-state index is 0.296. The van der Waals surface area contributed by atoms with Gasteiger partial charge in [0.25, 0.3) is 0 Å². The van der Waals surface area contributed by atoms with Gasteiger partial charge in [0.15, 0.2) is 0 Å². The molecule has 1 unspecified atom stereocenters. The van der Waals surface area contributed by atoms with E-state index in [1.165, 1.54) is 16.7 Å². The molecule has 0 aliphatic heterocycles. The first-order chi connectivity index (χ1) is 8.04. The number of benzene rings is 1. The van der Waals surface area contributed by atoms with Gasteiger partial charge < -0.3 is 16.2 Å². The van der Waals surface area contributed by atoms with Crippen LogP contribution in [0, 0.1) is 19.8 Å². The predicted octanol–water partition coefficient (Wildman–Crippen LogP) is 1.95. The molecule has 1 atom stereocenters. The molecule has 0 aromatic heterocycles. The molecule has 0 amide bonds. The molecule has 96 valence electrons. The number of aryl methyl sites for hydroxylation is 2. The number of methoxy groups -OCH3 is 1. The number of hydrogen-bond donors (Lipinski definition) is 2. The molecule has 3 heteroatoms. The summed E-state index contributed by atoms with van der Waals surface area (Å²) in [4.78, 5) is 0.